The predicted octanol–water partition coefficient (Wildman–Crippen LogP) is 1.38. The summed E-state index contributed by atoms with van der Waals surface area (Å²) in [7, 11) is 1.87. The molecule has 94 valence electrons. The second kappa shape index (κ2) is 5.44. The monoisotopic (exact) mass is 254 g/mol. The molecule has 1 amide bonds. The third-order valence-electron chi connectivity index (χ3n) is 3.09. The first-order chi connectivity index (χ1) is 8.19. The lowest BCUT2D eigenvalue weighted by Gasteiger charge is -2.28. The first-order valence-corrected chi connectivity index (χ1v) is 6.76. The summed E-state index contributed by atoms with van der Waals surface area (Å²) in [5.74, 6) is 1.55. The third-order valence-corrected chi connectivity index (χ3v) is 3.80. The molecule has 2 rings (SSSR count). The molecular formula is C11H18N4OS. The number of hydrogen-bond acceptors (Lipinski definition) is 5. The number of nitrogens with one attached hydrogen (secondary N) is 1. The van der Waals surface area contributed by atoms with Crippen LogP contribution in [0.3, 0.4) is 0 Å². The lowest BCUT2D eigenvalue weighted by Crippen LogP contribution is -2.37. The van der Waals surface area contributed by atoms with Gasteiger partial charge in [0.2, 0.25) is 11.0 Å². The molecular weight excluding hydrogens is 236 g/mol. The van der Waals surface area contributed by atoms with Crippen LogP contribution in [0.5, 0.6) is 0 Å². The molecule has 1 aliphatic heterocycles. The van der Waals surface area contributed by atoms with E-state index in [9.17, 15) is 4.79 Å². The van der Waals surface area contributed by atoms with Crippen molar-refractivity contribution < 1.29 is 4.79 Å². The number of hydrogen-bond donors (Lipinski definition) is 1. The van der Waals surface area contributed by atoms with Crippen LogP contribution in [-0.2, 0) is 11.2 Å². The molecule has 1 aliphatic rings. The molecule has 0 spiro atoms. The Labute approximate surface area is 105 Å². The fraction of sp³-hybridized carbons (Fsp3) is 0.727. The van der Waals surface area contributed by atoms with Crippen molar-refractivity contribution in [2.75, 3.05) is 25.5 Å². The van der Waals surface area contributed by atoms with Gasteiger partial charge in [0.25, 0.3) is 0 Å². The van der Waals surface area contributed by atoms with Crippen LogP contribution < -0.4 is 5.32 Å². The highest BCUT2D eigenvalue weighted by Gasteiger charge is 2.23. The van der Waals surface area contributed by atoms with Gasteiger partial charge in [-0.2, -0.15) is 4.37 Å². The van der Waals surface area contributed by atoms with Crippen molar-refractivity contribution in [2.45, 2.75) is 26.2 Å². The summed E-state index contributed by atoms with van der Waals surface area (Å²) in [6.07, 6.45) is 2.57. The van der Waals surface area contributed by atoms with E-state index in [1.165, 1.54) is 11.5 Å². The van der Waals surface area contributed by atoms with E-state index in [0.29, 0.717) is 12.3 Å². The van der Waals surface area contributed by atoms with Crippen molar-refractivity contribution in [1.29, 1.82) is 0 Å². The van der Waals surface area contributed by atoms with Crippen molar-refractivity contribution in [3.05, 3.63) is 5.82 Å². The quantitative estimate of drug-likeness (QED) is 0.882. The molecule has 6 heteroatoms. The fourth-order valence-electron chi connectivity index (χ4n) is 1.88. The molecule has 0 aromatic carbocycles. The molecule has 0 aliphatic carbocycles. The number of amides is 1. The van der Waals surface area contributed by atoms with Crippen LogP contribution in [0.25, 0.3) is 0 Å². The van der Waals surface area contributed by atoms with E-state index in [1.54, 1.807) is 4.90 Å². The molecule has 1 atom stereocenters. The van der Waals surface area contributed by atoms with Crippen LogP contribution in [0, 0.1) is 5.92 Å². The number of piperidine rings is 1. The lowest BCUT2D eigenvalue weighted by molar-refractivity contribution is -0.133. The van der Waals surface area contributed by atoms with E-state index >= 15 is 0 Å². The van der Waals surface area contributed by atoms with E-state index in [1.807, 2.05) is 14.0 Å². The van der Waals surface area contributed by atoms with Gasteiger partial charge in [-0.05, 0) is 12.3 Å². The van der Waals surface area contributed by atoms with E-state index in [-0.39, 0.29) is 5.91 Å². The Morgan fingerprint density at radius 3 is 3.06 bits per heavy atom. The molecule has 1 N–H and O–H groups in total. The summed E-state index contributed by atoms with van der Waals surface area (Å²) in [4.78, 5) is 17.7. The standard InChI is InChI=1S/C11H18N4OS/c1-3-9-13-11(17-14-9)12-7-8-4-5-15(2)10(16)6-8/h8H,3-7H2,1-2H3,(H,12,13,14). The highest BCUT2D eigenvalue weighted by Crippen LogP contribution is 2.19. The Morgan fingerprint density at radius 2 is 2.41 bits per heavy atom. The number of nitrogens with zero attached hydrogens (tertiary/aromatic N) is 3. The minimum Gasteiger partial charge on any atom is -0.360 e. The van der Waals surface area contributed by atoms with Crippen molar-refractivity contribution in [1.82, 2.24) is 14.3 Å². The maximum atomic E-state index is 11.5. The van der Waals surface area contributed by atoms with Crippen LogP contribution >= 0.6 is 11.5 Å². The average molecular weight is 254 g/mol. The maximum absolute atomic E-state index is 11.5. The molecule has 0 saturated carbocycles. The van der Waals surface area contributed by atoms with Crippen molar-refractivity contribution in [3.63, 3.8) is 0 Å². The summed E-state index contributed by atoms with van der Waals surface area (Å²) in [6, 6.07) is 0. The molecule has 0 radical (unpaired) electrons. The largest absolute Gasteiger partial charge is 0.360 e. The second-order valence-corrected chi connectivity index (χ2v) is 5.18. The number of aryl methyl sites for hydroxylation is 1. The van der Waals surface area contributed by atoms with Crippen molar-refractivity contribution >= 4 is 22.6 Å². The van der Waals surface area contributed by atoms with E-state index in [0.717, 1.165) is 36.9 Å². The van der Waals surface area contributed by atoms with Gasteiger partial charge in [-0.15, -0.1) is 0 Å². The highest BCUT2D eigenvalue weighted by atomic mass is 32.1. The fourth-order valence-corrected chi connectivity index (χ4v) is 2.54. The zero-order chi connectivity index (χ0) is 12.3. The Kier molecular flexibility index (Phi) is 3.93. The van der Waals surface area contributed by atoms with Crippen LogP contribution in [0.15, 0.2) is 0 Å². The van der Waals surface area contributed by atoms with Gasteiger partial charge in [0, 0.05) is 44.5 Å². The molecule has 1 fully saturated rings. The van der Waals surface area contributed by atoms with Crippen LogP contribution in [0.4, 0.5) is 5.13 Å². The molecule has 1 aromatic rings. The number of likely N-dealkylation sites (tertiary alicyclic amines) is 1. The first-order valence-electron chi connectivity index (χ1n) is 5.99. The van der Waals surface area contributed by atoms with Crippen LogP contribution in [-0.4, -0.2) is 40.3 Å². The first kappa shape index (κ1) is 12.3. The predicted molar refractivity (Wildman–Crippen MR) is 68.1 cm³/mol. The average Bonchev–Trinajstić information content (AvgIpc) is 2.79. The summed E-state index contributed by atoms with van der Waals surface area (Å²) in [5, 5.41) is 4.15. The summed E-state index contributed by atoms with van der Waals surface area (Å²) >= 11 is 1.40. The number of anilines is 1. The van der Waals surface area contributed by atoms with Crippen LogP contribution in [0.1, 0.15) is 25.6 Å². The van der Waals surface area contributed by atoms with Gasteiger partial charge in [0.15, 0.2) is 0 Å². The summed E-state index contributed by atoms with van der Waals surface area (Å²) in [5.41, 5.74) is 0. The second-order valence-electron chi connectivity index (χ2n) is 4.42. The Balaban J connectivity index is 1.80. The maximum Gasteiger partial charge on any atom is 0.222 e. The number of aromatic nitrogens is 2. The van der Waals surface area contributed by atoms with Gasteiger partial charge in [0.1, 0.15) is 5.82 Å². The smallest absolute Gasteiger partial charge is 0.222 e. The molecule has 1 saturated heterocycles. The topological polar surface area (TPSA) is 58.1 Å². The minimum atomic E-state index is 0.245. The van der Waals surface area contributed by atoms with Gasteiger partial charge in [-0.3, -0.25) is 4.79 Å². The zero-order valence-electron chi connectivity index (χ0n) is 10.3. The normalized spacial score (nSPS) is 20.7. The molecule has 0 bridgehead atoms. The Hall–Kier alpha value is -1.17. The van der Waals surface area contributed by atoms with Gasteiger partial charge >= 0.3 is 0 Å². The van der Waals surface area contributed by atoms with Gasteiger partial charge < -0.3 is 10.2 Å². The van der Waals surface area contributed by atoms with Gasteiger partial charge in [-0.25, -0.2) is 4.98 Å². The number of carbonyl (C=O) groups is 1. The lowest BCUT2D eigenvalue weighted by atomic mass is 9.97. The zero-order valence-corrected chi connectivity index (χ0v) is 11.1. The Bertz CT molecular complexity index is 393. The number of rotatable bonds is 4. The SMILES string of the molecule is CCc1nsc(NCC2CCN(C)C(=O)C2)n1. The number of carbonyl (C=O) groups excluding carboxylic acids is 1. The Morgan fingerprint density at radius 1 is 1.59 bits per heavy atom. The molecule has 17 heavy (non-hydrogen) atoms. The van der Waals surface area contributed by atoms with Crippen molar-refractivity contribution in [2.24, 2.45) is 5.92 Å². The third kappa shape index (κ3) is 3.15. The van der Waals surface area contributed by atoms with Gasteiger partial charge in [0.05, 0.1) is 0 Å². The van der Waals surface area contributed by atoms with E-state index in [2.05, 4.69) is 14.7 Å². The van der Waals surface area contributed by atoms with E-state index in [4.69, 9.17) is 0 Å². The molecule has 1 aromatic heterocycles. The highest BCUT2D eigenvalue weighted by molar-refractivity contribution is 7.09. The summed E-state index contributed by atoms with van der Waals surface area (Å²) < 4.78 is 4.22. The van der Waals surface area contributed by atoms with Gasteiger partial charge in [-0.1, -0.05) is 6.92 Å². The van der Waals surface area contributed by atoms with Crippen molar-refractivity contribution in [3.8, 4) is 0 Å². The summed E-state index contributed by atoms with van der Waals surface area (Å²) in [6.45, 7) is 3.72. The minimum absolute atomic E-state index is 0.245. The van der Waals surface area contributed by atoms with Crippen LogP contribution in [0.2, 0.25) is 0 Å². The molecule has 1 unspecified atom stereocenters. The molecule has 2 heterocycles. The van der Waals surface area contributed by atoms with E-state index < -0.39 is 0 Å². The molecule has 5 nitrogen and oxygen atoms in total.